The average molecular weight is 202 g/mol. The van der Waals surface area contributed by atoms with Gasteiger partial charge in [-0.2, -0.15) is 0 Å². The van der Waals surface area contributed by atoms with Gasteiger partial charge in [-0.25, -0.2) is 4.39 Å². The summed E-state index contributed by atoms with van der Waals surface area (Å²) >= 11 is 0. The molecule has 0 saturated carbocycles. The molecule has 1 atom stereocenters. The minimum Gasteiger partial charge on any atom is -0.303 e. The summed E-state index contributed by atoms with van der Waals surface area (Å²) < 4.78 is 13.0. The largest absolute Gasteiger partial charge is 0.303 e. The zero-order valence-corrected chi connectivity index (χ0v) is 9.67. The number of nitrogens with zero attached hydrogens (tertiary/aromatic N) is 2. The molecular weight excluding hydrogens is 179 g/mol. The van der Waals surface area contributed by atoms with Crippen LogP contribution in [-0.2, 0) is 0 Å². The second kappa shape index (κ2) is 5.66. The number of rotatable bonds is 1. The van der Waals surface area contributed by atoms with Crippen molar-refractivity contribution in [1.29, 1.82) is 0 Å². The molecule has 3 heteroatoms. The maximum Gasteiger partial charge on any atom is 0.113 e. The van der Waals surface area contributed by atoms with Crippen LogP contribution in [0.1, 0.15) is 26.7 Å². The third kappa shape index (κ3) is 2.92. The molecule has 2 aliphatic rings. The van der Waals surface area contributed by atoms with E-state index in [9.17, 15) is 4.39 Å². The van der Waals surface area contributed by atoms with E-state index in [0.717, 1.165) is 32.5 Å². The highest BCUT2D eigenvalue weighted by Gasteiger charge is 2.32. The first-order valence-corrected chi connectivity index (χ1v) is 5.82. The van der Waals surface area contributed by atoms with Gasteiger partial charge >= 0.3 is 0 Å². The van der Waals surface area contributed by atoms with Gasteiger partial charge in [0.15, 0.2) is 0 Å². The van der Waals surface area contributed by atoms with Gasteiger partial charge in [0.2, 0.25) is 0 Å². The molecule has 2 aliphatic heterocycles. The Balaban J connectivity index is 0.000000461. The van der Waals surface area contributed by atoms with Crippen LogP contribution in [0.2, 0.25) is 0 Å². The highest BCUT2D eigenvalue weighted by molar-refractivity contribution is 4.88. The number of hydrogen-bond acceptors (Lipinski definition) is 2. The van der Waals surface area contributed by atoms with Gasteiger partial charge in [-0.15, -0.1) is 0 Å². The van der Waals surface area contributed by atoms with E-state index >= 15 is 0 Å². The van der Waals surface area contributed by atoms with Gasteiger partial charge < -0.3 is 4.90 Å². The van der Waals surface area contributed by atoms with Crippen LogP contribution in [0.15, 0.2) is 0 Å². The van der Waals surface area contributed by atoms with Gasteiger partial charge in [-0.3, -0.25) is 4.90 Å². The van der Waals surface area contributed by atoms with Crippen LogP contribution in [0, 0.1) is 0 Å². The molecule has 0 aromatic carbocycles. The Morgan fingerprint density at radius 3 is 2.29 bits per heavy atom. The van der Waals surface area contributed by atoms with Crippen molar-refractivity contribution in [1.82, 2.24) is 9.80 Å². The molecule has 0 N–H and O–H groups in total. The molecule has 0 radical (unpaired) electrons. The predicted molar refractivity (Wildman–Crippen MR) is 58.3 cm³/mol. The number of hydrogen-bond donors (Lipinski definition) is 0. The molecule has 0 aromatic rings. The van der Waals surface area contributed by atoms with E-state index in [4.69, 9.17) is 0 Å². The maximum atomic E-state index is 13.0. The van der Waals surface area contributed by atoms with E-state index in [1.54, 1.807) is 0 Å². The van der Waals surface area contributed by atoms with Crippen LogP contribution in [0.3, 0.4) is 0 Å². The first-order valence-electron chi connectivity index (χ1n) is 5.82. The Morgan fingerprint density at radius 2 is 1.79 bits per heavy atom. The zero-order chi connectivity index (χ0) is 10.6. The highest BCUT2D eigenvalue weighted by atomic mass is 19.1. The van der Waals surface area contributed by atoms with Gasteiger partial charge in [-0.1, -0.05) is 13.8 Å². The van der Waals surface area contributed by atoms with Crippen molar-refractivity contribution in [3.63, 3.8) is 0 Å². The summed E-state index contributed by atoms with van der Waals surface area (Å²) in [6.07, 6.45) is 1.25. The van der Waals surface area contributed by atoms with Crippen molar-refractivity contribution in [3.8, 4) is 0 Å². The maximum absolute atomic E-state index is 13.0. The van der Waals surface area contributed by atoms with Gasteiger partial charge in [0.1, 0.15) is 6.17 Å². The van der Waals surface area contributed by atoms with Crippen molar-refractivity contribution in [2.45, 2.75) is 38.9 Å². The van der Waals surface area contributed by atoms with E-state index in [1.807, 2.05) is 13.8 Å². The predicted octanol–water partition coefficient (Wildman–Crippen LogP) is 1.76. The summed E-state index contributed by atoms with van der Waals surface area (Å²) in [5.41, 5.74) is 0. The third-order valence-electron chi connectivity index (χ3n) is 2.96. The number of likely N-dealkylation sites (tertiary alicyclic amines) is 2. The van der Waals surface area contributed by atoms with Crippen LogP contribution in [0.5, 0.6) is 0 Å². The van der Waals surface area contributed by atoms with E-state index in [-0.39, 0.29) is 0 Å². The molecule has 0 aromatic heterocycles. The number of alkyl halides is 1. The highest BCUT2D eigenvalue weighted by Crippen LogP contribution is 2.19. The normalized spacial score (nSPS) is 30.4. The van der Waals surface area contributed by atoms with E-state index in [1.165, 1.54) is 0 Å². The molecule has 0 aliphatic carbocycles. The van der Waals surface area contributed by atoms with Crippen molar-refractivity contribution >= 4 is 0 Å². The first kappa shape index (κ1) is 11.9. The van der Waals surface area contributed by atoms with E-state index < -0.39 is 6.17 Å². The fraction of sp³-hybridized carbons (Fsp3) is 1.00. The molecule has 2 nitrogen and oxygen atoms in total. The molecule has 2 saturated heterocycles. The summed E-state index contributed by atoms with van der Waals surface area (Å²) in [4.78, 5) is 4.60. The summed E-state index contributed by atoms with van der Waals surface area (Å²) in [5, 5.41) is 0. The number of likely N-dealkylation sites (N-methyl/N-ethyl adjacent to an activating group) is 1. The smallest absolute Gasteiger partial charge is 0.113 e. The van der Waals surface area contributed by atoms with E-state index in [2.05, 4.69) is 16.8 Å². The monoisotopic (exact) mass is 202 g/mol. The topological polar surface area (TPSA) is 6.48 Å². The lowest BCUT2D eigenvalue weighted by atomic mass is 10.0. The van der Waals surface area contributed by atoms with Gasteiger partial charge in [0.05, 0.1) is 0 Å². The van der Waals surface area contributed by atoms with Gasteiger partial charge in [0, 0.05) is 25.7 Å². The molecule has 2 fully saturated rings. The van der Waals surface area contributed by atoms with Crippen molar-refractivity contribution in [3.05, 3.63) is 0 Å². The first-order chi connectivity index (χ1) is 6.75. The lowest BCUT2D eigenvalue weighted by molar-refractivity contribution is 0.0168. The fourth-order valence-corrected chi connectivity index (χ4v) is 2.18. The second-order valence-corrected chi connectivity index (χ2v) is 4.11. The molecule has 84 valence electrons. The second-order valence-electron chi connectivity index (χ2n) is 4.11. The Bertz CT molecular complexity index is 157. The van der Waals surface area contributed by atoms with Gasteiger partial charge in [-0.05, 0) is 26.4 Å². The summed E-state index contributed by atoms with van der Waals surface area (Å²) in [6.45, 7) is 8.05. The van der Waals surface area contributed by atoms with Crippen LogP contribution in [-0.4, -0.2) is 55.2 Å². The molecule has 0 amide bonds. The third-order valence-corrected chi connectivity index (χ3v) is 2.96. The minimum absolute atomic E-state index is 0.565. The summed E-state index contributed by atoms with van der Waals surface area (Å²) in [7, 11) is 2.12. The Labute approximate surface area is 87.1 Å². The van der Waals surface area contributed by atoms with Crippen LogP contribution < -0.4 is 0 Å². The number of piperidine rings is 1. The molecule has 2 rings (SSSR count). The molecular formula is C11H23FN2. The zero-order valence-electron chi connectivity index (χ0n) is 9.67. The molecule has 0 spiro atoms. The SMILES string of the molecule is CC.CN1CC(N2CCCC(F)C2)C1. The van der Waals surface area contributed by atoms with Crippen molar-refractivity contribution < 1.29 is 4.39 Å². The Kier molecular flexibility index (Phi) is 4.82. The standard InChI is InChI=1S/C9H17FN2.C2H6/c1-11-6-9(7-11)12-4-2-3-8(10)5-12;1-2/h8-9H,2-7H2,1H3;1-2H3. The van der Waals surface area contributed by atoms with Crippen LogP contribution >= 0.6 is 0 Å². The Hall–Kier alpha value is -0.150. The van der Waals surface area contributed by atoms with Crippen LogP contribution in [0.25, 0.3) is 0 Å². The lowest BCUT2D eigenvalue weighted by Crippen LogP contribution is -2.59. The van der Waals surface area contributed by atoms with Gasteiger partial charge in [0.25, 0.3) is 0 Å². The molecule has 14 heavy (non-hydrogen) atoms. The number of halogens is 1. The molecule has 2 heterocycles. The lowest BCUT2D eigenvalue weighted by Gasteiger charge is -2.45. The average Bonchev–Trinajstić information content (AvgIpc) is 2.16. The van der Waals surface area contributed by atoms with Crippen molar-refractivity contribution in [2.75, 3.05) is 33.2 Å². The molecule has 1 unspecified atom stereocenters. The quantitative estimate of drug-likeness (QED) is 0.639. The van der Waals surface area contributed by atoms with Crippen molar-refractivity contribution in [2.24, 2.45) is 0 Å². The minimum atomic E-state index is -0.565. The summed E-state index contributed by atoms with van der Waals surface area (Å²) in [5.74, 6) is 0. The Morgan fingerprint density at radius 1 is 1.14 bits per heavy atom. The van der Waals surface area contributed by atoms with E-state index in [0.29, 0.717) is 12.6 Å². The molecule has 0 bridgehead atoms. The summed E-state index contributed by atoms with van der Waals surface area (Å²) in [6, 6.07) is 0.647. The van der Waals surface area contributed by atoms with Crippen LogP contribution in [0.4, 0.5) is 4.39 Å². The fourth-order valence-electron chi connectivity index (χ4n) is 2.18.